The van der Waals surface area contributed by atoms with Crippen LogP contribution in [0, 0.1) is 5.41 Å². The smallest absolute Gasteiger partial charge is 0.238 e. The van der Waals surface area contributed by atoms with Crippen LogP contribution in [-0.2, 0) is 9.59 Å². The maximum atomic E-state index is 12.1. The Morgan fingerprint density at radius 1 is 1.08 bits per heavy atom. The Hall–Kier alpha value is -2.14. The van der Waals surface area contributed by atoms with Crippen molar-refractivity contribution in [1.29, 1.82) is 0 Å². The quantitative estimate of drug-likeness (QED) is 0.508. The Morgan fingerprint density at radius 3 is 2.46 bits per heavy atom. The van der Waals surface area contributed by atoms with Crippen LogP contribution in [0.15, 0.2) is 35.9 Å². The van der Waals surface area contributed by atoms with E-state index in [4.69, 9.17) is 0 Å². The Balaban J connectivity index is 1.75. The zero-order chi connectivity index (χ0) is 19.0. The summed E-state index contributed by atoms with van der Waals surface area (Å²) in [5.41, 5.74) is 2.40. The Labute approximate surface area is 156 Å². The Bertz CT molecular complexity index is 659. The number of carbonyl (C=O) groups is 2. The lowest BCUT2D eigenvalue weighted by Crippen LogP contribution is -2.29. The molecular weight excluding hydrogens is 326 g/mol. The molecule has 0 aliphatic heterocycles. The maximum absolute atomic E-state index is 12.1. The summed E-state index contributed by atoms with van der Waals surface area (Å²) in [5.74, 6) is -0.137. The predicted molar refractivity (Wildman–Crippen MR) is 107 cm³/mol. The molecule has 5 nitrogen and oxygen atoms in total. The van der Waals surface area contributed by atoms with Crippen LogP contribution >= 0.6 is 0 Å². The van der Waals surface area contributed by atoms with Crippen LogP contribution in [0.25, 0.3) is 0 Å². The number of benzene rings is 1. The van der Waals surface area contributed by atoms with Gasteiger partial charge in [-0.1, -0.05) is 38.5 Å². The van der Waals surface area contributed by atoms with Gasteiger partial charge in [-0.3, -0.25) is 9.59 Å². The minimum absolute atomic E-state index is 0.0559. The van der Waals surface area contributed by atoms with Crippen LogP contribution in [0.5, 0.6) is 0 Å². The molecule has 0 spiro atoms. The second-order valence-corrected chi connectivity index (χ2v) is 7.87. The number of anilines is 2. The molecule has 0 saturated carbocycles. The van der Waals surface area contributed by atoms with Crippen molar-refractivity contribution in [1.82, 2.24) is 5.32 Å². The fourth-order valence-electron chi connectivity index (χ4n) is 2.78. The van der Waals surface area contributed by atoms with Crippen molar-refractivity contribution >= 4 is 23.2 Å². The third-order valence-electron chi connectivity index (χ3n) is 4.38. The SMILES string of the molecule is CC(C)(C)C(=O)Nc1cccc(NC(=O)CNCCC2=CCCCC2)c1. The van der Waals surface area contributed by atoms with E-state index in [1.165, 1.54) is 31.3 Å². The highest BCUT2D eigenvalue weighted by atomic mass is 16.2. The predicted octanol–water partition coefficient (Wildman–Crippen LogP) is 4.09. The van der Waals surface area contributed by atoms with Gasteiger partial charge in [0.05, 0.1) is 6.54 Å². The van der Waals surface area contributed by atoms with Gasteiger partial charge in [0.15, 0.2) is 0 Å². The van der Waals surface area contributed by atoms with Crippen LogP contribution < -0.4 is 16.0 Å². The third-order valence-corrected chi connectivity index (χ3v) is 4.38. The average molecular weight is 357 g/mol. The van der Waals surface area contributed by atoms with Crippen molar-refractivity contribution in [3.63, 3.8) is 0 Å². The van der Waals surface area contributed by atoms with E-state index >= 15 is 0 Å². The lowest BCUT2D eigenvalue weighted by molar-refractivity contribution is -0.123. The Morgan fingerprint density at radius 2 is 1.81 bits per heavy atom. The molecule has 2 rings (SSSR count). The summed E-state index contributed by atoms with van der Waals surface area (Å²) in [5, 5.41) is 8.93. The van der Waals surface area contributed by atoms with E-state index in [0.29, 0.717) is 11.4 Å². The standard InChI is InChI=1S/C21H31N3O2/c1-21(2,3)20(26)24-18-11-7-10-17(14-18)23-19(25)15-22-13-12-16-8-5-4-6-9-16/h7-8,10-11,14,22H,4-6,9,12-13,15H2,1-3H3,(H,23,25)(H,24,26). The molecule has 0 fully saturated rings. The normalized spacial score (nSPS) is 14.5. The first-order chi connectivity index (χ1) is 12.3. The molecular formula is C21H31N3O2. The average Bonchev–Trinajstić information content (AvgIpc) is 2.59. The van der Waals surface area contributed by atoms with Crippen LogP contribution in [-0.4, -0.2) is 24.9 Å². The molecule has 1 aromatic carbocycles. The van der Waals surface area contributed by atoms with E-state index in [1.807, 2.05) is 39.0 Å². The van der Waals surface area contributed by atoms with E-state index in [-0.39, 0.29) is 18.4 Å². The highest BCUT2D eigenvalue weighted by molar-refractivity contribution is 5.96. The zero-order valence-electron chi connectivity index (χ0n) is 16.2. The summed E-state index contributed by atoms with van der Waals surface area (Å²) < 4.78 is 0. The second-order valence-electron chi connectivity index (χ2n) is 7.87. The van der Waals surface area contributed by atoms with Gasteiger partial charge in [-0.15, -0.1) is 0 Å². The first-order valence-corrected chi connectivity index (χ1v) is 9.44. The molecule has 0 radical (unpaired) electrons. The van der Waals surface area contributed by atoms with E-state index in [0.717, 1.165) is 13.0 Å². The minimum atomic E-state index is -0.461. The summed E-state index contributed by atoms with van der Waals surface area (Å²) in [6.45, 7) is 6.70. The number of nitrogens with one attached hydrogen (secondary N) is 3. The molecule has 142 valence electrons. The molecule has 0 heterocycles. The van der Waals surface area contributed by atoms with E-state index in [9.17, 15) is 9.59 Å². The lowest BCUT2D eigenvalue weighted by Gasteiger charge is -2.18. The molecule has 2 amide bonds. The number of hydrogen-bond acceptors (Lipinski definition) is 3. The van der Waals surface area contributed by atoms with Crippen LogP contribution in [0.1, 0.15) is 52.9 Å². The van der Waals surface area contributed by atoms with Gasteiger partial charge in [0.25, 0.3) is 0 Å². The molecule has 5 heteroatoms. The van der Waals surface area contributed by atoms with Crippen LogP contribution in [0.2, 0.25) is 0 Å². The van der Waals surface area contributed by atoms with Gasteiger partial charge < -0.3 is 16.0 Å². The van der Waals surface area contributed by atoms with Crippen molar-refractivity contribution in [2.24, 2.45) is 5.41 Å². The summed E-state index contributed by atoms with van der Waals surface area (Å²) in [7, 11) is 0. The summed E-state index contributed by atoms with van der Waals surface area (Å²) in [6, 6.07) is 7.22. The number of hydrogen-bond donors (Lipinski definition) is 3. The molecule has 1 aliphatic carbocycles. The summed E-state index contributed by atoms with van der Waals surface area (Å²) in [4.78, 5) is 24.1. The molecule has 0 aromatic heterocycles. The minimum Gasteiger partial charge on any atom is -0.326 e. The van der Waals surface area contributed by atoms with Gasteiger partial charge >= 0.3 is 0 Å². The maximum Gasteiger partial charge on any atom is 0.238 e. The monoisotopic (exact) mass is 357 g/mol. The molecule has 1 aliphatic rings. The van der Waals surface area contributed by atoms with Crippen molar-refractivity contribution in [3.8, 4) is 0 Å². The highest BCUT2D eigenvalue weighted by Crippen LogP contribution is 2.20. The summed E-state index contributed by atoms with van der Waals surface area (Å²) >= 11 is 0. The molecule has 26 heavy (non-hydrogen) atoms. The van der Waals surface area contributed by atoms with Gasteiger partial charge in [0.2, 0.25) is 11.8 Å². The van der Waals surface area contributed by atoms with Crippen molar-refractivity contribution < 1.29 is 9.59 Å². The number of rotatable bonds is 7. The molecule has 3 N–H and O–H groups in total. The van der Waals surface area contributed by atoms with Crippen LogP contribution in [0.4, 0.5) is 11.4 Å². The van der Waals surface area contributed by atoms with E-state index < -0.39 is 5.41 Å². The zero-order valence-corrected chi connectivity index (χ0v) is 16.2. The first-order valence-electron chi connectivity index (χ1n) is 9.44. The van der Waals surface area contributed by atoms with Crippen LogP contribution in [0.3, 0.4) is 0 Å². The van der Waals surface area contributed by atoms with Gasteiger partial charge in [-0.05, 0) is 56.8 Å². The largest absolute Gasteiger partial charge is 0.326 e. The topological polar surface area (TPSA) is 70.2 Å². The second kappa shape index (κ2) is 9.53. The first kappa shape index (κ1) is 20.2. The van der Waals surface area contributed by atoms with Gasteiger partial charge in [0.1, 0.15) is 0 Å². The lowest BCUT2D eigenvalue weighted by atomic mass is 9.95. The fraction of sp³-hybridized carbons (Fsp3) is 0.524. The Kier molecular flexibility index (Phi) is 7.39. The van der Waals surface area contributed by atoms with Gasteiger partial charge in [0, 0.05) is 16.8 Å². The van der Waals surface area contributed by atoms with E-state index in [2.05, 4.69) is 22.0 Å². The molecule has 0 bridgehead atoms. The van der Waals surface area contributed by atoms with Crippen molar-refractivity contribution in [3.05, 3.63) is 35.9 Å². The summed E-state index contributed by atoms with van der Waals surface area (Å²) in [6.07, 6.45) is 8.33. The van der Waals surface area contributed by atoms with Crippen molar-refractivity contribution in [2.45, 2.75) is 52.9 Å². The van der Waals surface area contributed by atoms with Gasteiger partial charge in [-0.2, -0.15) is 0 Å². The molecule has 0 atom stereocenters. The fourth-order valence-corrected chi connectivity index (χ4v) is 2.78. The van der Waals surface area contributed by atoms with E-state index in [1.54, 1.807) is 6.07 Å². The number of carbonyl (C=O) groups excluding carboxylic acids is 2. The molecule has 0 unspecified atom stereocenters. The van der Waals surface area contributed by atoms with Crippen molar-refractivity contribution in [2.75, 3.05) is 23.7 Å². The van der Waals surface area contributed by atoms with Gasteiger partial charge in [-0.25, -0.2) is 0 Å². The molecule has 1 aromatic rings. The third kappa shape index (κ3) is 7.00. The number of amides is 2. The number of allylic oxidation sites excluding steroid dienone is 1. The molecule has 0 saturated heterocycles. The highest BCUT2D eigenvalue weighted by Gasteiger charge is 2.21.